The Morgan fingerprint density at radius 2 is 0.489 bits per heavy atom. The Morgan fingerprint density at radius 1 is 0.182 bits per heavy atom. The Balaban J connectivity index is 0.000000137. The second-order valence-corrected chi connectivity index (χ2v) is 22.7. The number of para-hydroxylation sites is 6. The molecule has 5 heterocycles. The predicted molar refractivity (Wildman–Crippen MR) is 370 cm³/mol. The van der Waals surface area contributed by atoms with E-state index in [1.807, 2.05) is 24.5 Å². The van der Waals surface area contributed by atoms with Crippen LogP contribution in [0.25, 0.3) is 154 Å². The molecule has 5 aromatic heterocycles. The number of fused-ring (bicyclic) bond motifs is 12. The van der Waals surface area contributed by atoms with Crippen LogP contribution in [0.5, 0.6) is 0 Å². The van der Waals surface area contributed by atoms with Crippen molar-refractivity contribution < 1.29 is 0 Å². The number of aromatic nitrogens is 5. The number of hydrogen-bond acceptors (Lipinski definition) is 1. The van der Waals surface area contributed by atoms with E-state index in [9.17, 15) is 0 Å². The molecule has 0 atom stereocenters. The zero-order chi connectivity index (χ0) is 58.1. The van der Waals surface area contributed by atoms with Gasteiger partial charge in [-0.1, -0.05) is 194 Å². The quantitative estimate of drug-likeness (QED) is 0.149. The van der Waals surface area contributed by atoms with Gasteiger partial charge < -0.3 is 18.3 Å². The van der Waals surface area contributed by atoms with E-state index in [1.54, 1.807) is 0 Å². The van der Waals surface area contributed by atoms with E-state index < -0.39 is 0 Å². The molecule has 0 unspecified atom stereocenters. The number of rotatable bonds is 8. The normalized spacial score (nSPS) is 11.6. The van der Waals surface area contributed by atoms with Crippen LogP contribution in [0.15, 0.2) is 334 Å². The number of benzene rings is 13. The van der Waals surface area contributed by atoms with Crippen molar-refractivity contribution in [3.63, 3.8) is 0 Å². The lowest BCUT2D eigenvalue weighted by Crippen LogP contribution is -1.94. The molecule has 0 aliphatic rings. The van der Waals surface area contributed by atoms with Crippen LogP contribution >= 0.6 is 0 Å². The Labute approximate surface area is 508 Å². The smallest absolute Gasteiger partial charge is 0.0547 e. The van der Waals surface area contributed by atoms with Gasteiger partial charge in [0, 0.05) is 78.2 Å². The van der Waals surface area contributed by atoms with Gasteiger partial charge in [-0.05, 0) is 172 Å². The van der Waals surface area contributed by atoms with Crippen molar-refractivity contribution in [2.24, 2.45) is 0 Å². The Bertz CT molecular complexity index is 5640. The summed E-state index contributed by atoms with van der Waals surface area (Å²) in [5, 5.41) is 10.1. The molecule has 0 aliphatic heterocycles. The molecule has 0 radical (unpaired) electrons. The molecule has 88 heavy (non-hydrogen) atoms. The Morgan fingerprint density at radius 3 is 0.955 bits per heavy atom. The molecule has 5 heteroatoms. The van der Waals surface area contributed by atoms with Gasteiger partial charge in [-0.2, -0.15) is 0 Å². The average molecular weight is 1120 g/mol. The predicted octanol–water partition coefficient (Wildman–Crippen LogP) is 21.8. The molecule has 412 valence electrons. The summed E-state index contributed by atoms with van der Waals surface area (Å²) in [5.74, 6) is 0. The van der Waals surface area contributed by atoms with Gasteiger partial charge in [-0.3, -0.25) is 4.98 Å². The highest BCUT2D eigenvalue weighted by molar-refractivity contribution is 6.18. The van der Waals surface area contributed by atoms with Crippen molar-refractivity contribution in [3.05, 3.63) is 334 Å². The number of nitrogens with zero attached hydrogens (tertiary/aromatic N) is 5. The van der Waals surface area contributed by atoms with E-state index in [-0.39, 0.29) is 0 Å². The van der Waals surface area contributed by atoms with E-state index in [0.29, 0.717) is 0 Å². The fourth-order valence-electron chi connectivity index (χ4n) is 13.8. The lowest BCUT2D eigenvalue weighted by Gasteiger charge is -2.11. The van der Waals surface area contributed by atoms with Crippen LogP contribution in [0, 0.1) is 0 Å². The summed E-state index contributed by atoms with van der Waals surface area (Å²) in [6, 6.07) is 116. The van der Waals surface area contributed by atoms with Crippen LogP contribution in [-0.2, 0) is 0 Å². The molecule has 18 rings (SSSR count). The van der Waals surface area contributed by atoms with Crippen LogP contribution in [0.2, 0.25) is 0 Å². The van der Waals surface area contributed by atoms with Gasteiger partial charge in [0.15, 0.2) is 0 Å². The minimum absolute atomic E-state index is 1.15. The summed E-state index contributed by atoms with van der Waals surface area (Å²) in [4.78, 5) is 4.16. The number of pyridine rings is 1. The lowest BCUT2D eigenvalue weighted by atomic mass is 9.98. The molecule has 0 saturated heterocycles. The van der Waals surface area contributed by atoms with Crippen molar-refractivity contribution in [1.29, 1.82) is 0 Å². The van der Waals surface area contributed by atoms with Crippen LogP contribution in [0.1, 0.15) is 0 Å². The maximum atomic E-state index is 4.16. The third kappa shape index (κ3) is 8.43. The van der Waals surface area contributed by atoms with Crippen LogP contribution in [0.4, 0.5) is 0 Å². The van der Waals surface area contributed by atoms with Crippen molar-refractivity contribution in [2.75, 3.05) is 0 Å². The van der Waals surface area contributed by atoms with E-state index in [2.05, 4.69) is 333 Å². The van der Waals surface area contributed by atoms with Crippen molar-refractivity contribution in [3.8, 4) is 67.3 Å². The summed E-state index contributed by atoms with van der Waals surface area (Å²) in [7, 11) is 0. The molecular weight excluding hydrogens is 1070 g/mol. The second kappa shape index (κ2) is 21.1. The lowest BCUT2D eigenvalue weighted by molar-refractivity contribution is 1.18. The standard InChI is InChI=1S/C42H28N2.C41H27N3/c1-3-12-29(13-4-1)30-22-25-33(26-23-30)43-38-19-9-7-16-35(38)37-28-31(24-27-40(37)43)34-18-11-21-41-42(34)36-17-8-10-20-39(36)44(41)32-14-5-2-6-15-32;1-2-8-32(9-3-1)43-38-12-6-4-10-34(38)36-26-30(16-20-40(36)43)31-17-21-41-37(27-31)35-11-5-7-13-39(35)44(41)33-18-14-28(15-19-33)29-22-24-42-25-23-29/h1-28H;1-27H. The molecule has 0 amide bonds. The van der Waals surface area contributed by atoms with Gasteiger partial charge in [0.1, 0.15) is 0 Å². The molecule has 0 fully saturated rings. The summed E-state index contributed by atoms with van der Waals surface area (Å²) in [5.41, 5.74) is 24.1. The zero-order valence-corrected chi connectivity index (χ0v) is 48.0. The minimum atomic E-state index is 1.15. The first-order chi connectivity index (χ1) is 43.7. The average Bonchev–Trinajstić information content (AvgIpc) is 2.26. The highest BCUT2D eigenvalue weighted by atomic mass is 15.0. The molecular formula is C83H55N5. The molecule has 0 aliphatic carbocycles. The molecule has 0 saturated carbocycles. The van der Waals surface area contributed by atoms with Gasteiger partial charge in [-0.15, -0.1) is 0 Å². The first-order valence-corrected chi connectivity index (χ1v) is 30.1. The summed E-state index contributed by atoms with van der Waals surface area (Å²) in [6.45, 7) is 0. The highest BCUT2D eigenvalue weighted by Crippen LogP contribution is 2.43. The van der Waals surface area contributed by atoms with Gasteiger partial charge >= 0.3 is 0 Å². The maximum Gasteiger partial charge on any atom is 0.0547 e. The third-order valence-corrected chi connectivity index (χ3v) is 17.8. The highest BCUT2D eigenvalue weighted by Gasteiger charge is 2.20. The minimum Gasteiger partial charge on any atom is -0.309 e. The van der Waals surface area contributed by atoms with Crippen LogP contribution in [-0.4, -0.2) is 23.3 Å². The van der Waals surface area contributed by atoms with Gasteiger partial charge in [0.2, 0.25) is 0 Å². The SMILES string of the molecule is c1ccc(-c2ccc(-n3c4ccccc4c4cc(-c5cccc6c5c5ccccc5n6-c5ccccc5)ccc43)cc2)cc1.c1ccc(-n2c3ccccc3c3cc(-c4ccc5c(c4)c4ccccc4n5-c4ccc(-c5ccncc5)cc4)ccc32)cc1. The summed E-state index contributed by atoms with van der Waals surface area (Å²) < 4.78 is 9.52. The third-order valence-electron chi connectivity index (χ3n) is 17.8. The van der Waals surface area contributed by atoms with E-state index >= 15 is 0 Å². The van der Waals surface area contributed by atoms with Gasteiger partial charge in [0.05, 0.1) is 44.1 Å². The zero-order valence-electron chi connectivity index (χ0n) is 48.0. The molecule has 5 nitrogen and oxygen atoms in total. The molecule has 18 aromatic rings. The van der Waals surface area contributed by atoms with E-state index in [1.165, 1.54) is 143 Å². The largest absolute Gasteiger partial charge is 0.309 e. The first kappa shape index (κ1) is 50.7. The topological polar surface area (TPSA) is 32.6 Å². The van der Waals surface area contributed by atoms with Crippen molar-refractivity contribution in [1.82, 2.24) is 23.3 Å². The first-order valence-electron chi connectivity index (χ1n) is 30.1. The fourth-order valence-corrected chi connectivity index (χ4v) is 13.8. The van der Waals surface area contributed by atoms with E-state index in [4.69, 9.17) is 0 Å². The Kier molecular flexibility index (Phi) is 12.1. The number of hydrogen-bond donors (Lipinski definition) is 0. The summed E-state index contributed by atoms with van der Waals surface area (Å²) >= 11 is 0. The Hall–Kier alpha value is -11.8. The van der Waals surface area contributed by atoms with Crippen LogP contribution in [0.3, 0.4) is 0 Å². The summed E-state index contributed by atoms with van der Waals surface area (Å²) in [6.07, 6.45) is 3.68. The molecule has 0 bridgehead atoms. The molecule has 0 spiro atoms. The molecule has 13 aromatic carbocycles. The van der Waals surface area contributed by atoms with Crippen molar-refractivity contribution >= 4 is 87.2 Å². The maximum absolute atomic E-state index is 4.16. The van der Waals surface area contributed by atoms with Crippen molar-refractivity contribution in [2.45, 2.75) is 0 Å². The monoisotopic (exact) mass is 1120 g/mol. The fraction of sp³-hybridized carbons (Fsp3) is 0. The second-order valence-electron chi connectivity index (χ2n) is 22.7. The van der Waals surface area contributed by atoms with Gasteiger partial charge in [-0.25, -0.2) is 0 Å². The van der Waals surface area contributed by atoms with E-state index in [0.717, 1.165) is 11.4 Å². The van der Waals surface area contributed by atoms with Crippen LogP contribution < -0.4 is 0 Å². The van der Waals surface area contributed by atoms with Gasteiger partial charge in [0.25, 0.3) is 0 Å². The molecule has 0 N–H and O–H groups in total.